The molecule has 7 heteroatoms. The summed E-state index contributed by atoms with van der Waals surface area (Å²) in [7, 11) is 0. The Bertz CT molecular complexity index is 509. The number of nitrogens with zero attached hydrogens (tertiary/aromatic N) is 1. The highest BCUT2D eigenvalue weighted by molar-refractivity contribution is 5.88. The SMILES string of the molecule is NOC(=O)c1ccc(=O)n(CCCCCC(=O)O)c1. The van der Waals surface area contributed by atoms with E-state index in [1.165, 1.54) is 22.9 Å². The molecule has 1 aromatic heterocycles. The van der Waals surface area contributed by atoms with E-state index >= 15 is 0 Å². The van der Waals surface area contributed by atoms with Crippen LogP contribution in [0.3, 0.4) is 0 Å². The molecule has 1 aromatic rings. The minimum atomic E-state index is -0.829. The van der Waals surface area contributed by atoms with E-state index in [1.807, 2.05) is 0 Å². The van der Waals surface area contributed by atoms with Gasteiger partial charge in [-0.05, 0) is 18.9 Å². The summed E-state index contributed by atoms with van der Waals surface area (Å²) in [4.78, 5) is 37.1. The predicted octanol–water partition coefficient (Wildman–Crippen LogP) is 0.524. The van der Waals surface area contributed by atoms with Crippen LogP contribution in [0.5, 0.6) is 0 Å². The highest BCUT2D eigenvalue weighted by atomic mass is 16.7. The molecule has 0 saturated heterocycles. The van der Waals surface area contributed by atoms with Crippen LogP contribution in [0, 0.1) is 0 Å². The summed E-state index contributed by atoms with van der Waals surface area (Å²) in [6.07, 6.45) is 3.43. The van der Waals surface area contributed by atoms with E-state index in [0.29, 0.717) is 25.8 Å². The maximum absolute atomic E-state index is 11.5. The summed E-state index contributed by atoms with van der Waals surface area (Å²) in [5.41, 5.74) is -0.0283. The number of carboxylic acids is 1. The number of unbranched alkanes of at least 4 members (excludes halogenated alkanes) is 2. The Labute approximate surface area is 109 Å². The van der Waals surface area contributed by atoms with E-state index in [4.69, 9.17) is 11.0 Å². The van der Waals surface area contributed by atoms with E-state index in [1.54, 1.807) is 0 Å². The molecule has 0 bridgehead atoms. The lowest BCUT2D eigenvalue weighted by Gasteiger charge is -2.06. The molecule has 0 radical (unpaired) electrons. The molecule has 0 atom stereocenters. The lowest BCUT2D eigenvalue weighted by molar-refractivity contribution is -0.137. The first-order chi connectivity index (χ1) is 9.04. The van der Waals surface area contributed by atoms with Gasteiger partial charge in [0.1, 0.15) is 0 Å². The zero-order valence-electron chi connectivity index (χ0n) is 10.4. The van der Waals surface area contributed by atoms with Gasteiger partial charge in [0.25, 0.3) is 5.56 Å². The van der Waals surface area contributed by atoms with Gasteiger partial charge in [0.15, 0.2) is 0 Å². The number of nitrogens with two attached hydrogens (primary N) is 1. The van der Waals surface area contributed by atoms with Crippen molar-refractivity contribution in [1.29, 1.82) is 0 Å². The minimum absolute atomic E-state index is 0.119. The Morgan fingerprint density at radius 3 is 2.63 bits per heavy atom. The van der Waals surface area contributed by atoms with Crippen LogP contribution >= 0.6 is 0 Å². The van der Waals surface area contributed by atoms with Crippen molar-refractivity contribution >= 4 is 11.9 Å². The molecule has 0 aliphatic heterocycles. The first kappa shape index (κ1) is 14.9. The van der Waals surface area contributed by atoms with E-state index in [-0.39, 0.29) is 17.5 Å². The van der Waals surface area contributed by atoms with Crippen molar-refractivity contribution in [2.45, 2.75) is 32.2 Å². The number of aromatic nitrogens is 1. The minimum Gasteiger partial charge on any atom is -0.481 e. The maximum atomic E-state index is 11.5. The highest BCUT2D eigenvalue weighted by Gasteiger charge is 2.07. The molecule has 0 unspecified atom stereocenters. The van der Waals surface area contributed by atoms with Crippen molar-refractivity contribution in [1.82, 2.24) is 4.57 Å². The molecule has 0 spiro atoms. The Kier molecular flexibility index (Phi) is 5.74. The first-order valence-electron chi connectivity index (χ1n) is 5.88. The Balaban J connectivity index is 2.55. The summed E-state index contributed by atoms with van der Waals surface area (Å²) in [5, 5.41) is 8.48. The summed E-state index contributed by atoms with van der Waals surface area (Å²) >= 11 is 0. The maximum Gasteiger partial charge on any atom is 0.358 e. The molecule has 104 valence electrons. The molecular formula is C12H16N2O5. The second-order valence-electron chi connectivity index (χ2n) is 4.06. The average Bonchev–Trinajstić information content (AvgIpc) is 2.39. The van der Waals surface area contributed by atoms with Crippen molar-refractivity contribution in [3.63, 3.8) is 0 Å². The Morgan fingerprint density at radius 2 is 2.00 bits per heavy atom. The van der Waals surface area contributed by atoms with Gasteiger partial charge < -0.3 is 14.5 Å². The van der Waals surface area contributed by atoms with E-state index in [0.717, 1.165) is 0 Å². The topological polar surface area (TPSA) is 112 Å². The molecule has 3 N–H and O–H groups in total. The quantitative estimate of drug-likeness (QED) is 0.551. The number of pyridine rings is 1. The number of hydrogen-bond donors (Lipinski definition) is 2. The van der Waals surface area contributed by atoms with Crippen LogP contribution in [0.15, 0.2) is 23.1 Å². The molecule has 0 fully saturated rings. The fourth-order valence-corrected chi connectivity index (χ4v) is 1.63. The largest absolute Gasteiger partial charge is 0.481 e. The van der Waals surface area contributed by atoms with Gasteiger partial charge in [0, 0.05) is 25.2 Å². The number of aliphatic carboxylic acids is 1. The van der Waals surface area contributed by atoms with Crippen LogP contribution in [0.4, 0.5) is 0 Å². The molecular weight excluding hydrogens is 252 g/mol. The predicted molar refractivity (Wildman–Crippen MR) is 66.4 cm³/mol. The van der Waals surface area contributed by atoms with Crippen LogP contribution in [0.25, 0.3) is 0 Å². The molecule has 19 heavy (non-hydrogen) atoms. The van der Waals surface area contributed by atoms with E-state index < -0.39 is 11.9 Å². The monoisotopic (exact) mass is 268 g/mol. The number of aryl methyl sites for hydroxylation is 1. The number of rotatable bonds is 7. The van der Waals surface area contributed by atoms with Crippen LogP contribution in [0.2, 0.25) is 0 Å². The third-order valence-corrected chi connectivity index (χ3v) is 2.62. The lowest BCUT2D eigenvalue weighted by atomic mass is 10.2. The van der Waals surface area contributed by atoms with Gasteiger partial charge >= 0.3 is 11.9 Å². The van der Waals surface area contributed by atoms with Crippen molar-refractivity contribution < 1.29 is 19.5 Å². The standard InChI is InChI=1S/C12H16N2O5/c13-19-12(18)9-5-6-10(15)14(8-9)7-3-1-2-4-11(16)17/h5-6,8H,1-4,7,13H2,(H,16,17). The fraction of sp³-hybridized carbons (Fsp3) is 0.417. The van der Waals surface area contributed by atoms with Crippen LogP contribution in [-0.2, 0) is 16.2 Å². The molecule has 1 heterocycles. The molecule has 0 saturated carbocycles. The number of carbonyl (C=O) groups is 2. The van der Waals surface area contributed by atoms with Crippen molar-refractivity contribution in [3.8, 4) is 0 Å². The fourth-order valence-electron chi connectivity index (χ4n) is 1.63. The summed E-state index contributed by atoms with van der Waals surface area (Å²) in [6, 6.07) is 2.61. The van der Waals surface area contributed by atoms with Gasteiger partial charge in [-0.2, -0.15) is 5.90 Å². The molecule has 0 amide bonds. The molecule has 7 nitrogen and oxygen atoms in total. The summed E-state index contributed by atoms with van der Waals surface area (Å²) in [6.45, 7) is 0.421. The first-order valence-corrected chi connectivity index (χ1v) is 5.88. The van der Waals surface area contributed by atoms with Gasteiger partial charge in [0.05, 0.1) is 5.56 Å². The third kappa shape index (κ3) is 4.92. The molecule has 0 aromatic carbocycles. The van der Waals surface area contributed by atoms with Gasteiger partial charge in [-0.15, -0.1) is 0 Å². The van der Waals surface area contributed by atoms with Crippen molar-refractivity contribution in [2.24, 2.45) is 5.90 Å². The summed E-state index contributed by atoms with van der Waals surface area (Å²) < 4.78 is 1.38. The highest BCUT2D eigenvalue weighted by Crippen LogP contribution is 2.03. The third-order valence-electron chi connectivity index (χ3n) is 2.62. The molecule has 0 aliphatic rings. The van der Waals surface area contributed by atoms with Crippen LogP contribution in [0.1, 0.15) is 36.0 Å². The smallest absolute Gasteiger partial charge is 0.358 e. The normalized spacial score (nSPS) is 10.2. The lowest BCUT2D eigenvalue weighted by Crippen LogP contribution is -2.21. The Morgan fingerprint density at radius 1 is 1.26 bits per heavy atom. The van der Waals surface area contributed by atoms with Crippen LogP contribution in [-0.4, -0.2) is 21.6 Å². The average molecular weight is 268 g/mol. The van der Waals surface area contributed by atoms with E-state index in [2.05, 4.69) is 4.84 Å². The van der Waals surface area contributed by atoms with Crippen molar-refractivity contribution in [3.05, 3.63) is 34.2 Å². The number of carbonyl (C=O) groups excluding carboxylic acids is 1. The molecule has 0 aliphatic carbocycles. The number of hydrogen-bond acceptors (Lipinski definition) is 5. The van der Waals surface area contributed by atoms with Crippen molar-refractivity contribution in [2.75, 3.05) is 0 Å². The van der Waals surface area contributed by atoms with Gasteiger partial charge in [0.2, 0.25) is 0 Å². The van der Waals surface area contributed by atoms with E-state index in [9.17, 15) is 14.4 Å². The summed E-state index contributed by atoms with van der Waals surface area (Å²) in [5.74, 6) is 3.23. The number of carboxylic acid groups (broad SMARTS) is 1. The van der Waals surface area contributed by atoms with Gasteiger partial charge in [-0.25, -0.2) is 4.79 Å². The van der Waals surface area contributed by atoms with Gasteiger partial charge in [-0.1, -0.05) is 6.42 Å². The zero-order chi connectivity index (χ0) is 14.3. The zero-order valence-corrected chi connectivity index (χ0v) is 10.4. The Hall–Kier alpha value is -2.15. The molecule has 1 rings (SSSR count). The second-order valence-corrected chi connectivity index (χ2v) is 4.06. The second kappa shape index (κ2) is 7.32. The van der Waals surface area contributed by atoms with Crippen LogP contribution < -0.4 is 11.5 Å². The van der Waals surface area contributed by atoms with Gasteiger partial charge in [-0.3, -0.25) is 9.59 Å².